The number of anilines is 1. The Balaban J connectivity index is 2.11. The van der Waals surface area contributed by atoms with Gasteiger partial charge in [-0.05, 0) is 25.5 Å². The van der Waals surface area contributed by atoms with Crippen LogP contribution in [0.25, 0.3) is 0 Å². The Morgan fingerprint density at radius 3 is 2.95 bits per heavy atom. The molecule has 0 saturated heterocycles. The Morgan fingerprint density at radius 2 is 2.21 bits per heavy atom. The van der Waals surface area contributed by atoms with E-state index in [-0.39, 0.29) is 31.0 Å². The summed E-state index contributed by atoms with van der Waals surface area (Å²) in [6.45, 7) is 3.95. The lowest BCUT2D eigenvalue weighted by molar-refractivity contribution is -0.125. The van der Waals surface area contributed by atoms with Gasteiger partial charge in [-0.2, -0.15) is 0 Å². The Hall–Kier alpha value is -2.04. The molecule has 0 fully saturated rings. The summed E-state index contributed by atoms with van der Waals surface area (Å²) in [6.07, 6.45) is 0.861. The van der Waals surface area contributed by atoms with Gasteiger partial charge in [-0.15, -0.1) is 0 Å². The van der Waals surface area contributed by atoms with Crippen LogP contribution in [-0.4, -0.2) is 31.0 Å². The minimum atomic E-state index is -0.196. The standard InChI is InChI=1S/C14H18N2O3/c1-3-10(2)15-13(17)8-16-11-6-4-5-7-12(11)19-9-14(16)18/h4-7,10H,3,8-9H2,1-2H3,(H,15,17)/t10-/m0/s1. The summed E-state index contributed by atoms with van der Waals surface area (Å²) in [5, 5.41) is 2.85. The zero-order chi connectivity index (χ0) is 13.8. The van der Waals surface area contributed by atoms with Gasteiger partial charge in [0, 0.05) is 6.04 Å². The summed E-state index contributed by atoms with van der Waals surface area (Å²) in [5.41, 5.74) is 0.651. The van der Waals surface area contributed by atoms with E-state index in [4.69, 9.17) is 4.74 Å². The third kappa shape index (κ3) is 3.05. The van der Waals surface area contributed by atoms with Crippen LogP contribution in [0.15, 0.2) is 24.3 Å². The van der Waals surface area contributed by atoms with Crippen molar-refractivity contribution < 1.29 is 14.3 Å². The van der Waals surface area contributed by atoms with Crippen LogP contribution in [-0.2, 0) is 9.59 Å². The highest BCUT2D eigenvalue weighted by Gasteiger charge is 2.26. The fourth-order valence-corrected chi connectivity index (χ4v) is 1.89. The Kier molecular flexibility index (Phi) is 4.04. The molecule has 1 aliphatic rings. The van der Waals surface area contributed by atoms with E-state index in [1.54, 1.807) is 12.1 Å². The smallest absolute Gasteiger partial charge is 0.265 e. The summed E-state index contributed by atoms with van der Waals surface area (Å²) in [4.78, 5) is 25.2. The number of para-hydroxylation sites is 2. The number of nitrogens with one attached hydrogen (secondary N) is 1. The van der Waals surface area contributed by atoms with E-state index >= 15 is 0 Å². The van der Waals surface area contributed by atoms with Crippen molar-refractivity contribution in [1.82, 2.24) is 5.32 Å². The van der Waals surface area contributed by atoms with Crippen molar-refractivity contribution in [1.29, 1.82) is 0 Å². The number of ether oxygens (including phenoxy) is 1. The maximum atomic E-state index is 11.9. The van der Waals surface area contributed by atoms with Crippen LogP contribution in [0, 0.1) is 0 Å². The average Bonchev–Trinajstić information content (AvgIpc) is 2.42. The number of amides is 2. The van der Waals surface area contributed by atoms with Gasteiger partial charge >= 0.3 is 0 Å². The average molecular weight is 262 g/mol. The van der Waals surface area contributed by atoms with Crippen LogP contribution in [0.2, 0.25) is 0 Å². The number of carbonyl (C=O) groups is 2. The fraction of sp³-hybridized carbons (Fsp3) is 0.429. The van der Waals surface area contributed by atoms with Crippen LogP contribution in [0.1, 0.15) is 20.3 Å². The minimum Gasteiger partial charge on any atom is -0.482 e. The van der Waals surface area contributed by atoms with Crippen LogP contribution in [0.4, 0.5) is 5.69 Å². The molecular weight excluding hydrogens is 244 g/mol. The van der Waals surface area contributed by atoms with Crippen molar-refractivity contribution in [2.24, 2.45) is 0 Å². The first-order valence-corrected chi connectivity index (χ1v) is 6.43. The number of hydrogen-bond donors (Lipinski definition) is 1. The molecule has 1 aliphatic heterocycles. The number of rotatable bonds is 4. The second-order valence-electron chi connectivity index (χ2n) is 4.61. The molecule has 2 rings (SSSR count). The molecule has 0 aromatic heterocycles. The molecule has 1 N–H and O–H groups in total. The maximum Gasteiger partial charge on any atom is 0.265 e. The lowest BCUT2D eigenvalue weighted by Crippen LogP contribution is -2.46. The molecule has 1 heterocycles. The molecule has 102 valence electrons. The first-order chi connectivity index (χ1) is 9.11. The Labute approximate surface area is 112 Å². The summed E-state index contributed by atoms with van der Waals surface area (Å²) < 4.78 is 5.33. The highest BCUT2D eigenvalue weighted by atomic mass is 16.5. The van der Waals surface area contributed by atoms with Crippen LogP contribution in [0.5, 0.6) is 5.75 Å². The molecule has 1 aromatic rings. The topological polar surface area (TPSA) is 58.6 Å². The molecule has 5 heteroatoms. The summed E-state index contributed by atoms with van der Waals surface area (Å²) in [5.74, 6) is 0.288. The van der Waals surface area contributed by atoms with Crippen molar-refractivity contribution in [3.63, 3.8) is 0 Å². The third-order valence-electron chi connectivity index (χ3n) is 3.13. The summed E-state index contributed by atoms with van der Waals surface area (Å²) >= 11 is 0. The molecule has 2 amide bonds. The lowest BCUT2D eigenvalue weighted by atomic mass is 10.2. The van der Waals surface area contributed by atoms with Gasteiger partial charge in [-0.3, -0.25) is 14.5 Å². The maximum absolute atomic E-state index is 11.9. The SMILES string of the molecule is CC[C@H](C)NC(=O)CN1C(=O)COc2ccccc21. The first-order valence-electron chi connectivity index (χ1n) is 6.43. The zero-order valence-corrected chi connectivity index (χ0v) is 11.2. The first kappa shape index (κ1) is 13.4. The van der Waals surface area contributed by atoms with E-state index in [2.05, 4.69) is 5.32 Å². The molecule has 1 aromatic carbocycles. The second kappa shape index (κ2) is 5.73. The number of hydrogen-bond acceptors (Lipinski definition) is 3. The van der Waals surface area contributed by atoms with Crippen molar-refractivity contribution in [3.05, 3.63) is 24.3 Å². The fourth-order valence-electron chi connectivity index (χ4n) is 1.89. The molecule has 1 atom stereocenters. The number of carbonyl (C=O) groups excluding carboxylic acids is 2. The quantitative estimate of drug-likeness (QED) is 0.890. The Morgan fingerprint density at radius 1 is 1.47 bits per heavy atom. The molecule has 0 spiro atoms. The van der Waals surface area contributed by atoms with E-state index in [0.717, 1.165) is 6.42 Å². The van der Waals surface area contributed by atoms with Gasteiger partial charge in [0.05, 0.1) is 5.69 Å². The van der Waals surface area contributed by atoms with E-state index < -0.39 is 0 Å². The van der Waals surface area contributed by atoms with Gasteiger partial charge in [0.2, 0.25) is 5.91 Å². The molecular formula is C14H18N2O3. The number of nitrogens with zero attached hydrogens (tertiary/aromatic N) is 1. The number of fused-ring (bicyclic) bond motifs is 1. The molecule has 0 aliphatic carbocycles. The lowest BCUT2D eigenvalue weighted by Gasteiger charge is -2.29. The van der Waals surface area contributed by atoms with Gasteiger partial charge in [0.25, 0.3) is 5.91 Å². The van der Waals surface area contributed by atoms with E-state index in [9.17, 15) is 9.59 Å². The normalized spacial score (nSPS) is 15.5. The Bertz CT molecular complexity index is 487. The van der Waals surface area contributed by atoms with Crippen LogP contribution < -0.4 is 15.0 Å². The van der Waals surface area contributed by atoms with Crippen molar-refractivity contribution in [2.75, 3.05) is 18.1 Å². The van der Waals surface area contributed by atoms with Gasteiger partial charge < -0.3 is 10.1 Å². The van der Waals surface area contributed by atoms with Gasteiger partial charge in [0.15, 0.2) is 6.61 Å². The van der Waals surface area contributed by atoms with Crippen LogP contribution in [0.3, 0.4) is 0 Å². The molecule has 0 unspecified atom stereocenters. The van der Waals surface area contributed by atoms with E-state index in [1.165, 1.54) is 4.90 Å². The van der Waals surface area contributed by atoms with E-state index in [0.29, 0.717) is 11.4 Å². The summed E-state index contributed by atoms with van der Waals surface area (Å²) in [6, 6.07) is 7.34. The second-order valence-corrected chi connectivity index (χ2v) is 4.61. The van der Waals surface area contributed by atoms with Gasteiger partial charge in [-0.1, -0.05) is 19.1 Å². The molecule has 0 bridgehead atoms. The molecule has 5 nitrogen and oxygen atoms in total. The highest BCUT2D eigenvalue weighted by molar-refractivity contribution is 6.02. The van der Waals surface area contributed by atoms with Crippen molar-refractivity contribution in [2.45, 2.75) is 26.3 Å². The van der Waals surface area contributed by atoms with Crippen LogP contribution >= 0.6 is 0 Å². The third-order valence-corrected chi connectivity index (χ3v) is 3.13. The monoisotopic (exact) mass is 262 g/mol. The van der Waals surface area contributed by atoms with Crippen molar-refractivity contribution >= 4 is 17.5 Å². The minimum absolute atomic E-state index is 0.0202. The zero-order valence-electron chi connectivity index (χ0n) is 11.2. The predicted molar refractivity (Wildman–Crippen MR) is 72.2 cm³/mol. The van der Waals surface area contributed by atoms with E-state index in [1.807, 2.05) is 26.0 Å². The predicted octanol–water partition coefficient (Wildman–Crippen LogP) is 1.33. The molecule has 0 saturated carbocycles. The molecule has 0 radical (unpaired) electrons. The highest BCUT2D eigenvalue weighted by Crippen LogP contribution is 2.31. The largest absolute Gasteiger partial charge is 0.482 e. The van der Waals surface area contributed by atoms with Crippen molar-refractivity contribution in [3.8, 4) is 5.75 Å². The number of benzene rings is 1. The van der Waals surface area contributed by atoms with Gasteiger partial charge in [0.1, 0.15) is 12.3 Å². The summed E-state index contributed by atoms with van der Waals surface area (Å²) in [7, 11) is 0. The molecule has 19 heavy (non-hydrogen) atoms. The van der Waals surface area contributed by atoms with Gasteiger partial charge in [-0.25, -0.2) is 0 Å².